The Morgan fingerprint density at radius 1 is 1.37 bits per heavy atom. The Balaban J connectivity index is 1.91. The summed E-state index contributed by atoms with van der Waals surface area (Å²) in [6.07, 6.45) is -1.97. The lowest BCUT2D eigenvalue weighted by Gasteiger charge is -2.29. The molecule has 2 fully saturated rings. The van der Waals surface area contributed by atoms with Crippen LogP contribution in [-0.4, -0.2) is 56.5 Å². The van der Waals surface area contributed by atoms with Crippen molar-refractivity contribution in [2.45, 2.75) is 32.0 Å². The van der Waals surface area contributed by atoms with Crippen LogP contribution in [0.3, 0.4) is 0 Å². The molecule has 2 heterocycles. The molecule has 1 N–H and O–H groups in total. The van der Waals surface area contributed by atoms with Crippen LogP contribution in [0.5, 0.6) is 0 Å². The van der Waals surface area contributed by atoms with Gasteiger partial charge in [-0.2, -0.15) is 13.2 Å². The van der Waals surface area contributed by atoms with Gasteiger partial charge in [-0.1, -0.05) is 6.92 Å². The molecule has 2 aliphatic rings. The standard InChI is InChI=1S/C13H23F3N2O/c1-2-12-10(3-6-19-12)8-18-5-4-17-7-11(9-18)13(14,15)16/h10-12,17H,2-9H2,1H3. The van der Waals surface area contributed by atoms with Crippen LogP contribution in [0, 0.1) is 11.8 Å². The predicted molar refractivity (Wildman–Crippen MR) is 67.0 cm³/mol. The van der Waals surface area contributed by atoms with Crippen LogP contribution in [0.2, 0.25) is 0 Å². The van der Waals surface area contributed by atoms with E-state index in [0.29, 0.717) is 19.0 Å². The van der Waals surface area contributed by atoms with Crippen molar-refractivity contribution in [3.8, 4) is 0 Å². The lowest BCUT2D eigenvalue weighted by atomic mass is 9.98. The molecule has 2 rings (SSSR count). The lowest BCUT2D eigenvalue weighted by molar-refractivity contribution is -0.176. The van der Waals surface area contributed by atoms with Crippen LogP contribution in [0.1, 0.15) is 19.8 Å². The van der Waals surface area contributed by atoms with Crippen LogP contribution in [-0.2, 0) is 4.74 Å². The van der Waals surface area contributed by atoms with Crippen molar-refractivity contribution in [1.82, 2.24) is 10.2 Å². The van der Waals surface area contributed by atoms with E-state index in [1.165, 1.54) is 0 Å². The number of hydrogen-bond acceptors (Lipinski definition) is 3. The van der Waals surface area contributed by atoms with Crippen molar-refractivity contribution in [1.29, 1.82) is 0 Å². The van der Waals surface area contributed by atoms with E-state index in [-0.39, 0.29) is 19.2 Å². The van der Waals surface area contributed by atoms with Crippen molar-refractivity contribution in [2.24, 2.45) is 11.8 Å². The van der Waals surface area contributed by atoms with Crippen molar-refractivity contribution < 1.29 is 17.9 Å². The molecule has 0 saturated carbocycles. The fraction of sp³-hybridized carbons (Fsp3) is 1.00. The molecule has 0 amide bonds. The zero-order valence-corrected chi connectivity index (χ0v) is 11.4. The first-order chi connectivity index (χ1) is 9.00. The Labute approximate surface area is 112 Å². The maximum absolute atomic E-state index is 12.9. The van der Waals surface area contributed by atoms with Gasteiger partial charge in [0.25, 0.3) is 0 Å². The predicted octanol–water partition coefficient (Wildman–Crippen LogP) is 1.89. The molecule has 0 radical (unpaired) electrons. The second kappa shape index (κ2) is 6.41. The molecular formula is C13H23F3N2O. The fourth-order valence-electron chi connectivity index (χ4n) is 3.05. The Bertz CT molecular complexity index is 286. The monoisotopic (exact) mass is 280 g/mol. The molecule has 0 aromatic rings. The number of nitrogens with one attached hydrogen (secondary N) is 1. The third kappa shape index (κ3) is 4.07. The number of alkyl halides is 3. The zero-order chi connectivity index (χ0) is 13.9. The first kappa shape index (κ1) is 15.1. The number of halogens is 3. The first-order valence-corrected chi connectivity index (χ1v) is 7.12. The van der Waals surface area contributed by atoms with Gasteiger partial charge in [-0.25, -0.2) is 0 Å². The van der Waals surface area contributed by atoms with E-state index in [9.17, 15) is 13.2 Å². The van der Waals surface area contributed by atoms with Crippen molar-refractivity contribution in [3.05, 3.63) is 0 Å². The van der Waals surface area contributed by atoms with Crippen LogP contribution in [0.25, 0.3) is 0 Å². The summed E-state index contributed by atoms with van der Waals surface area (Å²) in [6.45, 7) is 5.04. The third-order valence-corrected chi connectivity index (χ3v) is 4.18. The Kier molecular flexibility index (Phi) is 5.09. The van der Waals surface area contributed by atoms with Crippen molar-refractivity contribution >= 4 is 0 Å². The van der Waals surface area contributed by atoms with Gasteiger partial charge >= 0.3 is 6.18 Å². The quantitative estimate of drug-likeness (QED) is 0.854. The van der Waals surface area contributed by atoms with Crippen molar-refractivity contribution in [2.75, 3.05) is 39.3 Å². The first-order valence-electron chi connectivity index (χ1n) is 7.12. The number of ether oxygens (including phenoxy) is 1. The van der Waals surface area contributed by atoms with Gasteiger partial charge < -0.3 is 15.0 Å². The number of hydrogen-bond donors (Lipinski definition) is 1. The van der Waals surface area contributed by atoms with Gasteiger partial charge in [0.1, 0.15) is 0 Å². The third-order valence-electron chi connectivity index (χ3n) is 4.18. The molecule has 19 heavy (non-hydrogen) atoms. The Morgan fingerprint density at radius 2 is 2.16 bits per heavy atom. The maximum atomic E-state index is 12.9. The van der Waals surface area contributed by atoms with Gasteiger partial charge in [-0.3, -0.25) is 0 Å². The van der Waals surface area contributed by atoms with Gasteiger partial charge in [0.15, 0.2) is 0 Å². The average Bonchev–Trinajstić information content (AvgIpc) is 2.63. The van der Waals surface area contributed by atoms with E-state index < -0.39 is 12.1 Å². The molecule has 0 spiro atoms. The summed E-state index contributed by atoms with van der Waals surface area (Å²) in [5, 5.41) is 2.89. The summed E-state index contributed by atoms with van der Waals surface area (Å²) >= 11 is 0. The van der Waals surface area contributed by atoms with Gasteiger partial charge in [-0.05, 0) is 18.8 Å². The number of nitrogens with zero attached hydrogens (tertiary/aromatic N) is 1. The molecule has 3 atom stereocenters. The highest BCUT2D eigenvalue weighted by atomic mass is 19.4. The molecule has 112 valence electrons. The highest BCUT2D eigenvalue weighted by Crippen LogP contribution is 2.29. The molecule has 0 bridgehead atoms. The topological polar surface area (TPSA) is 24.5 Å². The summed E-state index contributed by atoms with van der Waals surface area (Å²) in [4.78, 5) is 1.96. The van der Waals surface area contributed by atoms with E-state index >= 15 is 0 Å². The zero-order valence-electron chi connectivity index (χ0n) is 11.4. The van der Waals surface area contributed by atoms with E-state index in [4.69, 9.17) is 4.74 Å². The molecule has 2 saturated heterocycles. The summed E-state index contributed by atoms with van der Waals surface area (Å²) in [5.41, 5.74) is 0. The largest absolute Gasteiger partial charge is 0.394 e. The highest BCUT2D eigenvalue weighted by Gasteiger charge is 2.41. The normalized spacial score (nSPS) is 34.4. The molecule has 0 aliphatic carbocycles. The average molecular weight is 280 g/mol. The second-order valence-corrected chi connectivity index (χ2v) is 5.57. The fourth-order valence-corrected chi connectivity index (χ4v) is 3.05. The van der Waals surface area contributed by atoms with Gasteiger partial charge in [0.2, 0.25) is 0 Å². The molecular weight excluding hydrogens is 257 g/mol. The summed E-state index contributed by atoms with van der Waals surface area (Å²) in [6, 6.07) is 0. The van der Waals surface area contributed by atoms with Gasteiger partial charge in [-0.15, -0.1) is 0 Å². The minimum absolute atomic E-state index is 0.0401. The minimum atomic E-state index is -4.11. The van der Waals surface area contributed by atoms with Crippen LogP contribution >= 0.6 is 0 Å². The van der Waals surface area contributed by atoms with Crippen LogP contribution in [0.4, 0.5) is 13.2 Å². The summed E-state index contributed by atoms with van der Waals surface area (Å²) in [5.74, 6) is -0.866. The van der Waals surface area contributed by atoms with Gasteiger partial charge in [0, 0.05) is 39.3 Å². The smallest absolute Gasteiger partial charge is 0.378 e. The maximum Gasteiger partial charge on any atom is 0.394 e. The molecule has 0 aromatic heterocycles. The molecule has 2 aliphatic heterocycles. The summed E-state index contributed by atoms with van der Waals surface area (Å²) < 4.78 is 44.2. The SMILES string of the molecule is CCC1OCCC1CN1CCNCC(C(F)(F)F)C1. The van der Waals surface area contributed by atoms with Crippen molar-refractivity contribution in [3.63, 3.8) is 0 Å². The molecule has 3 unspecified atom stereocenters. The summed E-state index contributed by atoms with van der Waals surface area (Å²) in [7, 11) is 0. The Hall–Kier alpha value is -0.330. The van der Waals surface area contributed by atoms with E-state index in [2.05, 4.69) is 12.2 Å². The molecule has 0 aromatic carbocycles. The minimum Gasteiger partial charge on any atom is -0.378 e. The van der Waals surface area contributed by atoms with Gasteiger partial charge in [0.05, 0.1) is 12.0 Å². The van der Waals surface area contributed by atoms with Crippen LogP contribution < -0.4 is 5.32 Å². The molecule has 3 nitrogen and oxygen atoms in total. The second-order valence-electron chi connectivity index (χ2n) is 5.57. The number of rotatable bonds is 3. The Morgan fingerprint density at radius 3 is 2.84 bits per heavy atom. The highest BCUT2D eigenvalue weighted by molar-refractivity contribution is 4.83. The van der Waals surface area contributed by atoms with E-state index in [0.717, 1.165) is 26.0 Å². The lowest BCUT2D eigenvalue weighted by Crippen LogP contribution is -2.40. The molecule has 6 heteroatoms. The van der Waals surface area contributed by atoms with Crippen LogP contribution in [0.15, 0.2) is 0 Å². The van der Waals surface area contributed by atoms with E-state index in [1.54, 1.807) is 0 Å². The van der Waals surface area contributed by atoms with E-state index in [1.807, 2.05) is 4.90 Å².